The van der Waals surface area contributed by atoms with Crippen LogP contribution in [0.5, 0.6) is 0 Å². The summed E-state index contributed by atoms with van der Waals surface area (Å²) in [4.78, 5) is 16.2. The number of carbonyl (C=O) groups excluding carboxylic acids is 1. The minimum Gasteiger partial charge on any atom is -0.324 e. The molecule has 1 heterocycles. The van der Waals surface area contributed by atoms with E-state index in [0.717, 1.165) is 37.6 Å². The summed E-state index contributed by atoms with van der Waals surface area (Å²) in [7, 11) is 2.12. The molecular weight excluding hydrogens is 300 g/mol. The van der Waals surface area contributed by atoms with Crippen molar-refractivity contribution in [3.05, 3.63) is 29.8 Å². The molecule has 3 rings (SSSR count). The van der Waals surface area contributed by atoms with E-state index in [-0.39, 0.29) is 5.69 Å². The maximum Gasteiger partial charge on any atom is 0.322 e. The Bertz CT molecular complexity index is 557. The van der Waals surface area contributed by atoms with Crippen LogP contribution >= 0.6 is 0 Å². The zero-order valence-electron chi connectivity index (χ0n) is 13.4. The van der Waals surface area contributed by atoms with Gasteiger partial charge in [0.2, 0.25) is 0 Å². The third kappa shape index (κ3) is 4.19. The summed E-state index contributed by atoms with van der Waals surface area (Å²) in [5, 5.41) is 2.36. The highest BCUT2D eigenvalue weighted by molar-refractivity contribution is 5.89. The molecule has 1 saturated carbocycles. The molecule has 2 aliphatic rings. The quantitative estimate of drug-likeness (QED) is 0.903. The van der Waals surface area contributed by atoms with Crippen LogP contribution in [0.1, 0.15) is 19.3 Å². The molecule has 1 N–H and O–H groups in total. The number of para-hydroxylation sites is 1. The van der Waals surface area contributed by atoms with Crippen LogP contribution < -0.4 is 5.32 Å². The van der Waals surface area contributed by atoms with E-state index >= 15 is 0 Å². The molecule has 6 heteroatoms. The maximum atomic E-state index is 13.6. The van der Waals surface area contributed by atoms with E-state index in [9.17, 15) is 13.6 Å². The van der Waals surface area contributed by atoms with Crippen molar-refractivity contribution in [2.45, 2.75) is 19.3 Å². The van der Waals surface area contributed by atoms with Gasteiger partial charge in [-0.3, -0.25) is 0 Å². The Kier molecular flexibility index (Phi) is 4.80. The molecule has 0 bridgehead atoms. The molecule has 2 fully saturated rings. The standard InChI is InChI=1S/C17H23F2N3O/c1-21(9-12-5-6-12)10-13-7-8-22(11-13)17(23)20-16-14(18)3-2-4-15(16)19/h2-4,12-13H,5-11H2,1H3,(H,20,23). The van der Waals surface area contributed by atoms with Crippen LogP contribution in [0.2, 0.25) is 0 Å². The van der Waals surface area contributed by atoms with Crippen molar-refractivity contribution in [2.75, 3.05) is 38.5 Å². The van der Waals surface area contributed by atoms with Gasteiger partial charge in [-0.2, -0.15) is 0 Å². The van der Waals surface area contributed by atoms with Crippen LogP contribution in [0.3, 0.4) is 0 Å². The second kappa shape index (κ2) is 6.83. The molecule has 0 spiro atoms. The van der Waals surface area contributed by atoms with Gasteiger partial charge in [-0.1, -0.05) is 6.07 Å². The highest BCUT2D eigenvalue weighted by Gasteiger charge is 2.29. The van der Waals surface area contributed by atoms with Crippen molar-refractivity contribution in [1.29, 1.82) is 0 Å². The molecule has 1 aromatic rings. The number of anilines is 1. The Hall–Kier alpha value is -1.69. The largest absolute Gasteiger partial charge is 0.324 e. The number of likely N-dealkylation sites (tertiary alicyclic amines) is 1. The van der Waals surface area contributed by atoms with Crippen molar-refractivity contribution in [2.24, 2.45) is 11.8 Å². The van der Waals surface area contributed by atoms with Gasteiger partial charge >= 0.3 is 6.03 Å². The van der Waals surface area contributed by atoms with Crippen molar-refractivity contribution < 1.29 is 13.6 Å². The van der Waals surface area contributed by atoms with Gasteiger partial charge in [-0.05, 0) is 50.3 Å². The van der Waals surface area contributed by atoms with E-state index in [2.05, 4.69) is 17.3 Å². The predicted octanol–water partition coefficient (Wildman–Crippen LogP) is 3.16. The summed E-state index contributed by atoms with van der Waals surface area (Å²) in [6.45, 7) is 3.36. The van der Waals surface area contributed by atoms with Crippen LogP contribution in [0.4, 0.5) is 19.3 Å². The number of halogens is 2. The van der Waals surface area contributed by atoms with Gasteiger partial charge in [0.25, 0.3) is 0 Å². The smallest absolute Gasteiger partial charge is 0.322 e. The third-order valence-corrected chi connectivity index (χ3v) is 4.60. The van der Waals surface area contributed by atoms with Crippen LogP contribution in [-0.4, -0.2) is 49.1 Å². The lowest BCUT2D eigenvalue weighted by Crippen LogP contribution is -2.35. The minimum atomic E-state index is -0.752. The molecule has 1 aliphatic carbocycles. The number of rotatable bonds is 5. The zero-order chi connectivity index (χ0) is 16.4. The molecule has 23 heavy (non-hydrogen) atoms. The molecule has 126 valence electrons. The molecule has 2 amide bonds. The lowest BCUT2D eigenvalue weighted by molar-refractivity contribution is 0.216. The molecule has 1 atom stereocenters. The van der Waals surface area contributed by atoms with E-state index in [1.807, 2.05) is 0 Å². The van der Waals surface area contributed by atoms with Gasteiger partial charge in [-0.15, -0.1) is 0 Å². The molecular formula is C17H23F2N3O. The Morgan fingerprint density at radius 1 is 1.22 bits per heavy atom. The average molecular weight is 323 g/mol. The SMILES string of the molecule is CN(CC1CC1)CC1CCN(C(=O)Nc2c(F)cccc2F)C1. The summed E-state index contributed by atoms with van der Waals surface area (Å²) >= 11 is 0. The minimum absolute atomic E-state index is 0.369. The fraction of sp³-hybridized carbons (Fsp3) is 0.588. The summed E-state index contributed by atoms with van der Waals surface area (Å²) in [5.41, 5.74) is -0.369. The highest BCUT2D eigenvalue weighted by atomic mass is 19.1. The molecule has 0 radical (unpaired) electrons. The lowest BCUT2D eigenvalue weighted by atomic mass is 10.1. The Morgan fingerprint density at radius 3 is 2.52 bits per heavy atom. The molecule has 1 aromatic carbocycles. The Morgan fingerprint density at radius 2 is 1.87 bits per heavy atom. The number of nitrogens with one attached hydrogen (secondary N) is 1. The fourth-order valence-corrected chi connectivity index (χ4v) is 3.23. The first-order valence-corrected chi connectivity index (χ1v) is 8.21. The van der Waals surface area contributed by atoms with Crippen molar-refractivity contribution in [1.82, 2.24) is 9.80 Å². The second-order valence-corrected chi connectivity index (χ2v) is 6.79. The number of urea groups is 1. The van der Waals surface area contributed by atoms with E-state index in [1.165, 1.54) is 18.9 Å². The maximum absolute atomic E-state index is 13.6. The van der Waals surface area contributed by atoms with Crippen LogP contribution in [-0.2, 0) is 0 Å². The van der Waals surface area contributed by atoms with E-state index in [0.29, 0.717) is 19.0 Å². The molecule has 1 unspecified atom stereocenters. The number of amides is 2. The monoisotopic (exact) mass is 323 g/mol. The Balaban J connectivity index is 1.50. The lowest BCUT2D eigenvalue weighted by Gasteiger charge is -2.21. The van der Waals surface area contributed by atoms with E-state index < -0.39 is 17.7 Å². The normalized spacial score (nSPS) is 21.0. The van der Waals surface area contributed by atoms with Crippen LogP contribution in [0.15, 0.2) is 18.2 Å². The van der Waals surface area contributed by atoms with Gasteiger partial charge in [0.15, 0.2) is 0 Å². The summed E-state index contributed by atoms with van der Waals surface area (Å²) in [6.07, 6.45) is 3.59. The summed E-state index contributed by atoms with van der Waals surface area (Å²) < 4.78 is 27.2. The average Bonchev–Trinajstić information content (AvgIpc) is 3.18. The number of nitrogens with zero attached hydrogens (tertiary/aromatic N) is 2. The van der Waals surface area contributed by atoms with Crippen molar-refractivity contribution >= 4 is 11.7 Å². The second-order valence-electron chi connectivity index (χ2n) is 6.79. The van der Waals surface area contributed by atoms with Gasteiger partial charge < -0.3 is 15.1 Å². The van der Waals surface area contributed by atoms with Crippen LogP contribution in [0, 0.1) is 23.5 Å². The van der Waals surface area contributed by atoms with Crippen molar-refractivity contribution in [3.8, 4) is 0 Å². The summed E-state index contributed by atoms with van der Waals surface area (Å²) in [5.74, 6) is -0.226. The topological polar surface area (TPSA) is 35.6 Å². The van der Waals surface area contributed by atoms with E-state index in [4.69, 9.17) is 0 Å². The zero-order valence-corrected chi connectivity index (χ0v) is 13.4. The first-order chi connectivity index (χ1) is 11.0. The fourth-order valence-electron chi connectivity index (χ4n) is 3.23. The number of carbonyl (C=O) groups is 1. The molecule has 0 aromatic heterocycles. The summed E-state index contributed by atoms with van der Waals surface area (Å²) in [6, 6.07) is 3.12. The first kappa shape index (κ1) is 16.2. The van der Waals surface area contributed by atoms with Gasteiger partial charge in [0.05, 0.1) is 0 Å². The number of benzene rings is 1. The molecule has 4 nitrogen and oxygen atoms in total. The highest BCUT2D eigenvalue weighted by Crippen LogP contribution is 2.30. The molecule has 1 aliphatic heterocycles. The first-order valence-electron chi connectivity index (χ1n) is 8.21. The molecule has 1 saturated heterocycles. The van der Waals surface area contributed by atoms with Gasteiger partial charge in [-0.25, -0.2) is 13.6 Å². The number of hydrogen-bond acceptors (Lipinski definition) is 2. The van der Waals surface area contributed by atoms with Crippen molar-refractivity contribution in [3.63, 3.8) is 0 Å². The van der Waals surface area contributed by atoms with Crippen LogP contribution in [0.25, 0.3) is 0 Å². The van der Waals surface area contributed by atoms with Gasteiger partial charge in [0, 0.05) is 26.2 Å². The third-order valence-electron chi connectivity index (χ3n) is 4.60. The van der Waals surface area contributed by atoms with Gasteiger partial charge in [0.1, 0.15) is 17.3 Å². The predicted molar refractivity (Wildman–Crippen MR) is 85.3 cm³/mol. The van der Waals surface area contributed by atoms with E-state index in [1.54, 1.807) is 4.90 Å². The Labute approximate surface area is 135 Å². The number of hydrogen-bond donors (Lipinski definition) is 1.